The van der Waals surface area contributed by atoms with E-state index in [4.69, 9.17) is 5.10 Å². The number of benzene rings is 2. The maximum atomic E-state index is 13.1. The van der Waals surface area contributed by atoms with Crippen molar-refractivity contribution in [2.45, 2.75) is 33.2 Å². The van der Waals surface area contributed by atoms with E-state index in [0.717, 1.165) is 58.7 Å². The van der Waals surface area contributed by atoms with Crippen LogP contribution in [0, 0.1) is 25.6 Å². The van der Waals surface area contributed by atoms with Gasteiger partial charge < -0.3 is 10.2 Å². The largest absolute Gasteiger partial charge is 0.352 e. The Labute approximate surface area is 197 Å². The van der Waals surface area contributed by atoms with Gasteiger partial charge in [0.05, 0.1) is 28.4 Å². The summed E-state index contributed by atoms with van der Waals surface area (Å²) in [4.78, 5) is 15.0. The monoisotopic (exact) mass is 458 g/mol. The molecule has 1 N–H and O–H groups in total. The highest BCUT2D eigenvalue weighted by molar-refractivity contribution is 5.92. The summed E-state index contributed by atoms with van der Waals surface area (Å²) in [5.74, 6) is 0.267. The van der Waals surface area contributed by atoms with Crippen LogP contribution in [-0.2, 0) is 11.3 Å². The van der Waals surface area contributed by atoms with Crippen molar-refractivity contribution in [3.05, 3.63) is 77.4 Å². The number of piperidine rings is 1. The molecule has 1 fully saturated rings. The molecule has 2 aromatic heterocycles. The molecule has 34 heavy (non-hydrogen) atoms. The molecule has 5 rings (SSSR count). The van der Waals surface area contributed by atoms with Crippen LogP contribution in [0.4, 0.5) is 10.2 Å². The molecule has 8 heteroatoms. The molecule has 7 nitrogen and oxygen atoms in total. The molecule has 174 valence electrons. The minimum atomic E-state index is -0.284. The van der Waals surface area contributed by atoms with E-state index in [2.05, 4.69) is 20.4 Å². The zero-order valence-corrected chi connectivity index (χ0v) is 19.3. The van der Waals surface area contributed by atoms with Gasteiger partial charge in [0.15, 0.2) is 5.82 Å². The van der Waals surface area contributed by atoms with Gasteiger partial charge in [-0.1, -0.05) is 30.3 Å². The van der Waals surface area contributed by atoms with Crippen molar-refractivity contribution in [2.75, 3.05) is 18.0 Å². The SMILES string of the molecule is Cc1nnc(N2CCC[C@@H](C(=O)NCc3ccc(F)cc3)C2)c2nn(-c3ccccc3)c(C)c12. The number of nitrogens with zero attached hydrogens (tertiary/aromatic N) is 5. The van der Waals surface area contributed by atoms with Crippen molar-refractivity contribution < 1.29 is 9.18 Å². The van der Waals surface area contributed by atoms with Crippen LogP contribution >= 0.6 is 0 Å². The highest BCUT2D eigenvalue weighted by atomic mass is 19.1. The van der Waals surface area contributed by atoms with E-state index in [1.165, 1.54) is 12.1 Å². The highest BCUT2D eigenvalue weighted by Gasteiger charge is 2.29. The van der Waals surface area contributed by atoms with Crippen molar-refractivity contribution in [1.82, 2.24) is 25.3 Å². The van der Waals surface area contributed by atoms with E-state index in [0.29, 0.717) is 13.1 Å². The number of hydrogen-bond acceptors (Lipinski definition) is 5. The summed E-state index contributed by atoms with van der Waals surface area (Å²) < 4.78 is 15.1. The molecule has 4 aromatic rings. The predicted octanol–water partition coefficient (Wildman–Crippen LogP) is 4.10. The zero-order valence-electron chi connectivity index (χ0n) is 19.3. The first-order valence-corrected chi connectivity index (χ1v) is 11.6. The molecule has 0 unspecified atom stereocenters. The average molecular weight is 459 g/mol. The van der Waals surface area contributed by atoms with Crippen molar-refractivity contribution in [3.8, 4) is 5.69 Å². The minimum absolute atomic E-state index is 0.00339. The number of amides is 1. The summed E-state index contributed by atoms with van der Waals surface area (Å²) in [7, 11) is 0. The van der Waals surface area contributed by atoms with Crippen LogP contribution in [0.15, 0.2) is 54.6 Å². The second-order valence-corrected chi connectivity index (χ2v) is 8.79. The summed E-state index contributed by atoms with van der Waals surface area (Å²) in [6.07, 6.45) is 1.69. The number of aryl methyl sites for hydroxylation is 2. The Morgan fingerprint density at radius 3 is 2.62 bits per heavy atom. The topological polar surface area (TPSA) is 75.9 Å². The quantitative estimate of drug-likeness (QED) is 0.487. The van der Waals surface area contributed by atoms with Crippen LogP contribution in [0.25, 0.3) is 16.6 Å². The molecule has 0 saturated carbocycles. The lowest BCUT2D eigenvalue weighted by Gasteiger charge is -2.32. The summed E-state index contributed by atoms with van der Waals surface area (Å²) in [6.45, 7) is 5.73. The van der Waals surface area contributed by atoms with Gasteiger partial charge >= 0.3 is 0 Å². The standard InChI is InChI=1S/C26H27FN6O/c1-17-23-18(2)33(22-8-4-3-5-9-22)31-24(23)25(30-29-17)32-14-6-7-20(16-32)26(34)28-15-19-10-12-21(27)13-11-19/h3-5,8-13,20H,6-7,14-16H2,1-2H3,(H,28,34)/t20-/m1/s1. The van der Waals surface area contributed by atoms with Crippen LogP contribution in [0.3, 0.4) is 0 Å². The number of fused-ring (bicyclic) bond motifs is 1. The Bertz CT molecular complexity index is 1320. The maximum Gasteiger partial charge on any atom is 0.225 e. The summed E-state index contributed by atoms with van der Waals surface area (Å²) in [6, 6.07) is 16.2. The molecule has 0 bridgehead atoms. The van der Waals surface area contributed by atoms with Crippen molar-refractivity contribution >= 4 is 22.6 Å². The summed E-state index contributed by atoms with van der Waals surface area (Å²) in [5.41, 5.74) is 4.51. The molecule has 2 aromatic carbocycles. The number of para-hydroxylation sites is 1. The Kier molecular flexibility index (Phi) is 5.96. The van der Waals surface area contributed by atoms with E-state index in [1.807, 2.05) is 48.9 Å². The van der Waals surface area contributed by atoms with E-state index < -0.39 is 0 Å². The number of carbonyl (C=O) groups excluding carboxylic acids is 1. The second kappa shape index (κ2) is 9.21. The third-order valence-corrected chi connectivity index (χ3v) is 6.46. The van der Waals surface area contributed by atoms with Gasteiger partial charge in [0.1, 0.15) is 11.3 Å². The number of halogens is 1. The average Bonchev–Trinajstić information content (AvgIpc) is 3.22. The van der Waals surface area contributed by atoms with E-state index in [9.17, 15) is 9.18 Å². The summed E-state index contributed by atoms with van der Waals surface area (Å²) in [5, 5.41) is 17.8. The third kappa shape index (κ3) is 4.23. The molecule has 0 aliphatic carbocycles. The number of hydrogen-bond donors (Lipinski definition) is 1. The number of aromatic nitrogens is 4. The van der Waals surface area contributed by atoms with Crippen LogP contribution in [0.1, 0.15) is 29.8 Å². The zero-order chi connectivity index (χ0) is 23.7. The van der Waals surface area contributed by atoms with E-state index >= 15 is 0 Å². The number of anilines is 1. The number of nitrogens with one attached hydrogen (secondary N) is 1. The van der Waals surface area contributed by atoms with Gasteiger partial charge in [0.25, 0.3) is 0 Å². The molecular weight excluding hydrogens is 431 g/mol. The Morgan fingerprint density at radius 2 is 1.85 bits per heavy atom. The molecule has 1 amide bonds. The van der Waals surface area contributed by atoms with Crippen LogP contribution in [0.5, 0.6) is 0 Å². The van der Waals surface area contributed by atoms with Gasteiger partial charge in [-0.15, -0.1) is 5.10 Å². The molecule has 1 aliphatic heterocycles. The first kappa shape index (κ1) is 22.0. The van der Waals surface area contributed by atoms with Crippen LogP contribution < -0.4 is 10.2 Å². The van der Waals surface area contributed by atoms with E-state index in [1.54, 1.807) is 12.1 Å². The first-order valence-electron chi connectivity index (χ1n) is 11.6. The lowest BCUT2D eigenvalue weighted by Crippen LogP contribution is -2.43. The molecule has 1 saturated heterocycles. The van der Waals surface area contributed by atoms with Gasteiger partial charge in [-0.2, -0.15) is 10.2 Å². The van der Waals surface area contributed by atoms with Gasteiger partial charge in [-0.05, 0) is 56.5 Å². The summed E-state index contributed by atoms with van der Waals surface area (Å²) >= 11 is 0. The van der Waals surface area contributed by atoms with Crippen molar-refractivity contribution in [2.24, 2.45) is 5.92 Å². The number of carbonyl (C=O) groups is 1. The normalized spacial score (nSPS) is 16.1. The van der Waals surface area contributed by atoms with Gasteiger partial charge in [-0.25, -0.2) is 9.07 Å². The van der Waals surface area contributed by atoms with Crippen molar-refractivity contribution in [3.63, 3.8) is 0 Å². The third-order valence-electron chi connectivity index (χ3n) is 6.46. The molecular formula is C26H27FN6O. The molecule has 3 heterocycles. The lowest BCUT2D eigenvalue weighted by molar-refractivity contribution is -0.125. The van der Waals surface area contributed by atoms with Gasteiger partial charge in [-0.3, -0.25) is 4.79 Å². The fourth-order valence-electron chi connectivity index (χ4n) is 4.66. The number of rotatable bonds is 5. The minimum Gasteiger partial charge on any atom is -0.352 e. The maximum absolute atomic E-state index is 13.1. The fraction of sp³-hybridized carbons (Fsp3) is 0.308. The highest BCUT2D eigenvalue weighted by Crippen LogP contribution is 2.31. The molecule has 1 aliphatic rings. The van der Waals surface area contributed by atoms with Gasteiger partial charge in [0.2, 0.25) is 5.91 Å². The first-order chi connectivity index (χ1) is 16.5. The molecule has 0 spiro atoms. The van der Waals surface area contributed by atoms with Crippen LogP contribution in [-0.4, -0.2) is 39.0 Å². The smallest absolute Gasteiger partial charge is 0.225 e. The van der Waals surface area contributed by atoms with Crippen LogP contribution in [0.2, 0.25) is 0 Å². The van der Waals surface area contributed by atoms with Crippen molar-refractivity contribution in [1.29, 1.82) is 0 Å². The predicted molar refractivity (Wildman–Crippen MR) is 129 cm³/mol. The Morgan fingerprint density at radius 1 is 1.09 bits per heavy atom. The Hall–Kier alpha value is -3.81. The molecule has 1 atom stereocenters. The van der Waals surface area contributed by atoms with Gasteiger partial charge in [0, 0.05) is 19.6 Å². The second-order valence-electron chi connectivity index (χ2n) is 8.79. The Balaban J connectivity index is 1.38. The fourth-order valence-corrected chi connectivity index (χ4v) is 4.66. The lowest BCUT2D eigenvalue weighted by atomic mass is 9.97. The van der Waals surface area contributed by atoms with E-state index in [-0.39, 0.29) is 17.6 Å². The molecule has 0 radical (unpaired) electrons.